The van der Waals surface area contributed by atoms with E-state index in [9.17, 15) is 19.5 Å². The lowest BCUT2D eigenvalue weighted by atomic mass is 9.69. The maximum absolute atomic E-state index is 13.5. The zero-order chi connectivity index (χ0) is 26.9. The molecule has 0 unspecified atom stereocenters. The molecule has 0 bridgehead atoms. The van der Waals surface area contributed by atoms with Gasteiger partial charge in [0.1, 0.15) is 0 Å². The van der Waals surface area contributed by atoms with Gasteiger partial charge in [-0.2, -0.15) is 0 Å². The number of nitrogens with one attached hydrogen (secondary N) is 1. The third-order valence-electron chi connectivity index (χ3n) is 9.73. The number of amides is 2. The summed E-state index contributed by atoms with van der Waals surface area (Å²) in [6.45, 7) is 7.91. The number of aromatic nitrogens is 1. The van der Waals surface area contributed by atoms with E-state index in [1.54, 1.807) is 16.8 Å². The first-order valence-corrected chi connectivity index (χ1v) is 14.9. The van der Waals surface area contributed by atoms with Crippen LogP contribution in [0, 0.1) is 11.3 Å². The lowest BCUT2D eigenvalue weighted by Crippen LogP contribution is -2.60. The van der Waals surface area contributed by atoms with Crippen molar-refractivity contribution in [2.45, 2.75) is 96.1 Å². The fourth-order valence-electron chi connectivity index (χ4n) is 6.77. The summed E-state index contributed by atoms with van der Waals surface area (Å²) >= 11 is 0. The van der Waals surface area contributed by atoms with Gasteiger partial charge in [-0.15, -0.1) is 0 Å². The molecule has 38 heavy (non-hydrogen) atoms. The summed E-state index contributed by atoms with van der Waals surface area (Å²) in [4.78, 5) is 43.5. The highest BCUT2D eigenvalue weighted by molar-refractivity contribution is 5.95. The van der Waals surface area contributed by atoms with Crippen molar-refractivity contribution in [1.82, 2.24) is 19.7 Å². The molecule has 0 spiro atoms. The zero-order valence-corrected chi connectivity index (χ0v) is 23.3. The van der Waals surface area contributed by atoms with Crippen molar-refractivity contribution in [1.29, 1.82) is 0 Å². The molecular weight excluding hydrogens is 480 g/mol. The minimum Gasteiger partial charge on any atom is -0.387 e. The smallest absolute Gasteiger partial charge is 0.255 e. The van der Waals surface area contributed by atoms with E-state index in [-0.39, 0.29) is 29.8 Å². The number of pyridine rings is 1. The van der Waals surface area contributed by atoms with E-state index in [1.165, 1.54) is 32.1 Å². The Balaban J connectivity index is 1.29. The number of carbonyl (C=O) groups is 2. The van der Waals surface area contributed by atoms with E-state index in [0.29, 0.717) is 50.5 Å². The number of piperidine rings is 1. The van der Waals surface area contributed by atoms with Gasteiger partial charge in [0.15, 0.2) is 0 Å². The number of likely N-dealkylation sites (tertiary alicyclic amines) is 1. The molecule has 210 valence electrons. The first-order chi connectivity index (χ1) is 18.2. The van der Waals surface area contributed by atoms with Gasteiger partial charge in [-0.1, -0.05) is 46.0 Å². The van der Waals surface area contributed by atoms with Crippen molar-refractivity contribution in [2.75, 3.05) is 39.3 Å². The second-order valence-corrected chi connectivity index (χ2v) is 12.9. The average Bonchev–Trinajstić information content (AvgIpc) is 3.76. The van der Waals surface area contributed by atoms with Crippen LogP contribution in [0.3, 0.4) is 0 Å². The highest BCUT2D eigenvalue weighted by Crippen LogP contribution is 2.43. The molecule has 0 radical (unpaired) electrons. The number of nitrogens with zero attached hydrogens (tertiary/aromatic N) is 3. The molecule has 1 aromatic rings. The van der Waals surface area contributed by atoms with Crippen molar-refractivity contribution in [3.8, 4) is 0 Å². The Bertz CT molecular complexity index is 1080. The van der Waals surface area contributed by atoms with Crippen molar-refractivity contribution < 1.29 is 14.7 Å². The zero-order valence-electron chi connectivity index (χ0n) is 23.3. The van der Waals surface area contributed by atoms with Gasteiger partial charge in [0.05, 0.1) is 17.7 Å². The monoisotopic (exact) mass is 526 g/mol. The van der Waals surface area contributed by atoms with E-state index in [2.05, 4.69) is 5.32 Å². The van der Waals surface area contributed by atoms with Gasteiger partial charge in [0.2, 0.25) is 5.91 Å². The molecule has 2 saturated carbocycles. The Morgan fingerprint density at radius 1 is 1.03 bits per heavy atom. The molecule has 2 aliphatic heterocycles. The Hall–Kier alpha value is -2.19. The number of piperazine rings is 1. The molecule has 5 rings (SSSR count). The van der Waals surface area contributed by atoms with Crippen LogP contribution < -0.4 is 10.9 Å². The maximum atomic E-state index is 13.5. The molecule has 2 amide bonds. The lowest BCUT2D eigenvalue weighted by Gasteiger charge is -2.50. The lowest BCUT2D eigenvalue weighted by molar-refractivity contribution is -0.154. The largest absolute Gasteiger partial charge is 0.387 e. The maximum Gasteiger partial charge on any atom is 0.255 e. The number of aliphatic hydroxyl groups is 1. The Morgan fingerprint density at radius 2 is 1.74 bits per heavy atom. The van der Waals surface area contributed by atoms with Gasteiger partial charge in [-0.25, -0.2) is 0 Å². The Labute approximate surface area is 226 Å². The van der Waals surface area contributed by atoms with Crippen LogP contribution in [-0.4, -0.2) is 76.2 Å². The molecule has 8 heteroatoms. The van der Waals surface area contributed by atoms with Crippen LogP contribution in [0.15, 0.2) is 17.1 Å². The van der Waals surface area contributed by atoms with Gasteiger partial charge in [-0.3, -0.25) is 14.4 Å². The van der Waals surface area contributed by atoms with Crippen LogP contribution >= 0.6 is 0 Å². The average molecular weight is 527 g/mol. The van der Waals surface area contributed by atoms with Crippen LogP contribution in [0.2, 0.25) is 0 Å². The fraction of sp³-hybridized carbons (Fsp3) is 0.767. The van der Waals surface area contributed by atoms with E-state index in [4.69, 9.17) is 0 Å². The summed E-state index contributed by atoms with van der Waals surface area (Å²) in [7, 11) is 0. The van der Waals surface area contributed by atoms with E-state index < -0.39 is 11.0 Å². The molecule has 4 aliphatic rings. The molecule has 4 fully saturated rings. The molecule has 2 aliphatic carbocycles. The molecule has 2 N–H and O–H groups in total. The fourth-order valence-corrected chi connectivity index (χ4v) is 6.77. The number of hydrogen-bond acceptors (Lipinski definition) is 5. The first-order valence-electron chi connectivity index (χ1n) is 14.9. The van der Waals surface area contributed by atoms with Crippen LogP contribution in [-0.2, 0) is 11.3 Å². The second kappa shape index (κ2) is 11.1. The van der Waals surface area contributed by atoms with Crippen LogP contribution in [0.5, 0.6) is 0 Å². The van der Waals surface area contributed by atoms with Crippen molar-refractivity contribution in [2.24, 2.45) is 11.3 Å². The molecule has 3 heterocycles. The van der Waals surface area contributed by atoms with Crippen molar-refractivity contribution in [3.05, 3.63) is 33.7 Å². The summed E-state index contributed by atoms with van der Waals surface area (Å²) in [5, 5.41) is 15.2. The molecular formula is C30H46N4O4. The number of hydrogen-bond donors (Lipinski definition) is 2. The van der Waals surface area contributed by atoms with Gasteiger partial charge in [0, 0.05) is 63.4 Å². The third-order valence-corrected chi connectivity index (χ3v) is 9.73. The molecule has 2 saturated heterocycles. The van der Waals surface area contributed by atoms with E-state index in [1.807, 2.05) is 23.6 Å². The molecule has 1 atom stereocenters. The van der Waals surface area contributed by atoms with Crippen molar-refractivity contribution >= 4 is 11.8 Å². The first kappa shape index (κ1) is 27.4. The summed E-state index contributed by atoms with van der Waals surface area (Å²) in [6.07, 6.45) is 12.0. The molecule has 1 aromatic heterocycles. The summed E-state index contributed by atoms with van der Waals surface area (Å²) < 4.78 is 1.55. The van der Waals surface area contributed by atoms with Crippen LogP contribution in [0.25, 0.3) is 0 Å². The topological polar surface area (TPSA) is 94.9 Å². The minimum absolute atomic E-state index is 0.0215. The predicted molar refractivity (Wildman–Crippen MR) is 147 cm³/mol. The third kappa shape index (κ3) is 5.86. The minimum atomic E-state index is -1.16. The standard InChI is InChI=1S/C30H46N4O4/c1-29(2)20-33(26(35)11-8-22-6-4-3-5-7-22)15-12-30(29,38)21-34-19-25(24(18-27(34)36)23-9-10-23)28(37)32-16-13-31-14-17-32/h18-19,22-23,31,38H,3-17,20-21H2,1-2H3/t30-/m1/s1. The van der Waals surface area contributed by atoms with Gasteiger partial charge < -0.3 is 24.8 Å². The Kier molecular flexibility index (Phi) is 8.01. The summed E-state index contributed by atoms with van der Waals surface area (Å²) in [5.74, 6) is 1.11. The van der Waals surface area contributed by atoms with Crippen LogP contribution in [0.1, 0.15) is 99.9 Å². The van der Waals surface area contributed by atoms with Gasteiger partial charge >= 0.3 is 0 Å². The van der Waals surface area contributed by atoms with E-state index >= 15 is 0 Å². The normalized spacial score (nSPS) is 26.4. The van der Waals surface area contributed by atoms with Gasteiger partial charge in [-0.05, 0) is 43.1 Å². The number of rotatable bonds is 7. The Morgan fingerprint density at radius 3 is 2.39 bits per heavy atom. The predicted octanol–water partition coefficient (Wildman–Crippen LogP) is 3.12. The second-order valence-electron chi connectivity index (χ2n) is 12.9. The SMILES string of the molecule is CC1(C)CN(C(=O)CCC2CCCCC2)CC[C@@]1(O)Cn1cc(C(=O)N2CCNCC2)c(C2CC2)cc1=O. The highest BCUT2D eigenvalue weighted by Gasteiger charge is 2.49. The molecule has 0 aromatic carbocycles. The highest BCUT2D eigenvalue weighted by atomic mass is 16.3. The number of carbonyl (C=O) groups excluding carboxylic acids is 2. The molecule has 8 nitrogen and oxygen atoms in total. The summed E-state index contributed by atoms with van der Waals surface area (Å²) in [5.41, 5.74) is -0.458. The van der Waals surface area contributed by atoms with Gasteiger partial charge in [0.25, 0.3) is 11.5 Å². The van der Waals surface area contributed by atoms with E-state index in [0.717, 1.165) is 37.9 Å². The van der Waals surface area contributed by atoms with Crippen molar-refractivity contribution in [3.63, 3.8) is 0 Å². The summed E-state index contributed by atoms with van der Waals surface area (Å²) in [6, 6.07) is 1.63. The van der Waals surface area contributed by atoms with Crippen LogP contribution in [0.4, 0.5) is 0 Å². The quantitative estimate of drug-likeness (QED) is 0.569.